The zero-order valence-corrected chi connectivity index (χ0v) is 12.4. The maximum absolute atomic E-state index is 13.2. The first kappa shape index (κ1) is 15.4. The van der Waals surface area contributed by atoms with Gasteiger partial charge in [-0.2, -0.15) is 0 Å². The number of ketones is 1. The van der Waals surface area contributed by atoms with Crippen molar-refractivity contribution in [2.45, 2.75) is 32.6 Å². The highest BCUT2D eigenvalue weighted by atomic mass is 19.2. The molecule has 1 nitrogen and oxygen atoms in total. The zero-order valence-electron chi connectivity index (χ0n) is 12.4. The second-order valence-corrected chi connectivity index (χ2v) is 5.77. The Balaban J connectivity index is 2.30. The van der Waals surface area contributed by atoms with Crippen LogP contribution in [0.15, 0.2) is 42.5 Å². The van der Waals surface area contributed by atoms with Crippen molar-refractivity contribution in [2.75, 3.05) is 0 Å². The lowest BCUT2D eigenvalue weighted by atomic mass is 9.82. The van der Waals surface area contributed by atoms with E-state index in [0.29, 0.717) is 5.56 Å². The fourth-order valence-electron chi connectivity index (χ4n) is 2.08. The van der Waals surface area contributed by atoms with Crippen LogP contribution in [0, 0.1) is 11.6 Å². The van der Waals surface area contributed by atoms with Gasteiger partial charge in [-0.25, -0.2) is 8.78 Å². The van der Waals surface area contributed by atoms with Crippen LogP contribution in [0.4, 0.5) is 8.78 Å². The van der Waals surface area contributed by atoms with Crippen molar-refractivity contribution in [1.29, 1.82) is 0 Å². The number of rotatable bonds is 4. The molecule has 0 amide bonds. The minimum atomic E-state index is -1.01. The smallest absolute Gasteiger partial charge is 0.193 e. The first-order chi connectivity index (χ1) is 9.85. The molecule has 0 radical (unpaired) electrons. The van der Waals surface area contributed by atoms with Crippen LogP contribution in [-0.2, 0) is 5.41 Å². The van der Waals surface area contributed by atoms with Crippen molar-refractivity contribution >= 4 is 5.78 Å². The van der Waals surface area contributed by atoms with Gasteiger partial charge in [0.2, 0.25) is 0 Å². The molecule has 0 N–H and O–H groups in total. The third-order valence-electron chi connectivity index (χ3n) is 3.99. The molecule has 0 fully saturated rings. The molecule has 0 aliphatic heterocycles. The van der Waals surface area contributed by atoms with Gasteiger partial charge in [0.15, 0.2) is 17.4 Å². The van der Waals surface area contributed by atoms with Crippen LogP contribution in [0.3, 0.4) is 0 Å². The van der Waals surface area contributed by atoms with Crippen LogP contribution in [0.1, 0.15) is 48.7 Å². The molecule has 2 aromatic rings. The zero-order chi connectivity index (χ0) is 15.6. The molecule has 110 valence electrons. The maximum atomic E-state index is 13.2. The lowest BCUT2D eigenvalue weighted by molar-refractivity contribution is 0.103. The van der Waals surface area contributed by atoms with Crippen molar-refractivity contribution in [3.05, 3.63) is 70.8 Å². The summed E-state index contributed by atoms with van der Waals surface area (Å²) in [7, 11) is 0. The third-order valence-corrected chi connectivity index (χ3v) is 3.99. The summed E-state index contributed by atoms with van der Waals surface area (Å²) in [5.74, 6) is -2.27. The molecule has 0 aromatic heterocycles. The van der Waals surface area contributed by atoms with Crippen LogP contribution < -0.4 is 0 Å². The van der Waals surface area contributed by atoms with Gasteiger partial charge in [-0.05, 0) is 35.6 Å². The van der Waals surface area contributed by atoms with Gasteiger partial charge in [0.1, 0.15) is 0 Å². The Morgan fingerprint density at radius 2 is 1.52 bits per heavy atom. The minimum absolute atomic E-state index is 0.0452. The van der Waals surface area contributed by atoms with Crippen molar-refractivity contribution in [3.8, 4) is 0 Å². The van der Waals surface area contributed by atoms with Gasteiger partial charge in [-0.15, -0.1) is 0 Å². The van der Waals surface area contributed by atoms with Crippen molar-refractivity contribution in [3.63, 3.8) is 0 Å². The van der Waals surface area contributed by atoms with E-state index in [4.69, 9.17) is 0 Å². The average molecular weight is 288 g/mol. The summed E-state index contributed by atoms with van der Waals surface area (Å²) in [5, 5.41) is 0. The Bertz CT molecular complexity index is 657. The second kappa shape index (κ2) is 5.76. The van der Waals surface area contributed by atoms with E-state index < -0.39 is 11.6 Å². The summed E-state index contributed by atoms with van der Waals surface area (Å²) < 4.78 is 26.1. The molecule has 0 aliphatic carbocycles. The van der Waals surface area contributed by atoms with E-state index >= 15 is 0 Å². The fourth-order valence-corrected chi connectivity index (χ4v) is 2.08. The normalized spacial score (nSPS) is 11.5. The molecular formula is C18H18F2O. The highest BCUT2D eigenvalue weighted by molar-refractivity contribution is 6.08. The molecule has 2 aromatic carbocycles. The maximum Gasteiger partial charge on any atom is 0.193 e. The minimum Gasteiger partial charge on any atom is -0.289 e. The summed E-state index contributed by atoms with van der Waals surface area (Å²) in [4.78, 5) is 12.3. The number of hydrogen-bond acceptors (Lipinski definition) is 1. The van der Waals surface area contributed by atoms with Crippen LogP contribution in [0.25, 0.3) is 0 Å². The van der Waals surface area contributed by atoms with E-state index in [1.807, 2.05) is 12.1 Å². The van der Waals surface area contributed by atoms with Crippen molar-refractivity contribution in [1.82, 2.24) is 0 Å². The average Bonchev–Trinajstić information content (AvgIpc) is 2.49. The summed E-state index contributed by atoms with van der Waals surface area (Å²) in [6.45, 7) is 6.39. The second-order valence-electron chi connectivity index (χ2n) is 5.77. The Labute approximate surface area is 123 Å². The lowest BCUT2D eigenvalue weighted by Crippen LogP contribution is -2.15. The number of hydrogen-bond donors (Lipinski definition) is 0. The molecular weight excluding hydrogens is 270 g/mol. The molecule has 0 bridgehead atoms. The standard InChI is InChI=1S/C18H18F2O/c1-4-18(2,3)14-8-5-12(6-9-14)17(21)13-7-10-15(19)16(20)11-13/h5-11H,4H2,1-3H3. The molecule has 0 spiro atoms. The predicted octanol–water partition coefficient (Wildman–Crippen LogP) is 4.88. The third kappa shape index (κ3) is 3.18. The topological polar surface area (TPSA) is 17.1 Å². The Morgan fingerprint density at radius 3 is 2.05 bits per heavy atom. The van der Waals surface area contributed by atoms with Gasteiger partial charge in [-0.3, -0.25) is 4.79 Å². The lowest BCUT2D eigenvalue weighted by Gasteiger charge is -2.23. The van der Waals surface area contributed by atoms with E-state index in [-0.39, 0.29) is 16.8 Å². The molecule has 0 heterocycles. The fraction of sp³-hybridized carbons (Fsp3) is 0.278. The van der Waals surface area contributed by atoms with E-state index in [0.717, 1.165) is 24.1 Å². The van der Waals surface area contributed by atoms with Gasteiger partial charge in [0.25, 0.3) is 0 Å². The number of halogens is 2. The van der Waals surface area contributed by atoms with Gasteiger partial charge < -0.3 is 0 Å². The summed E-state index contributed by atoms with van der Waals surface area (Å²) in [6, 6.07) is 10.5. The first-order valence-electron chi connectivity index (χ1n) is 6.95. The quantitative estimate of drug-likeness (QED) is 0.732. The molecule has 0 aliphatic rings. The summed E-state index contributed by atoms with van der Waals surface area (Å²) >= 11 is 0. The number of carbonyl (C=O) groups excluding carboxylic acids is 1. The molecule has 3 heteroatoms. The molecule has 21 heavy (non-hydrogen) atoms. The van der Waals surface area contributed by atoms with Crippen LogP contribution >= 0.6 is 0 Å². The van der Waals surface area contributed by atoms with Gasteiger partial charge in [0.05, 0.1) is 0 Å². The Kier molecular flexibility index (Phi) is 4.21. The number of carbonyl (C=O) groups is 1. The van der Waals surface area contributed by atoms with E-state index in [1.54, 1.807) is 12.1 Å². The monoisotopic (exact) mass is 288 g/mol. The SMILES string of the molecule is CCC(C)(C)c1ccc(C(=O)c2ccc(F)c(F)c2)cc1. The molecule has 0 unspecified atom stereocenters. The highest BCUT2D eigenvalue weighted by Gasteiger charge is 2.18. The largest absolute Gasteiger partial charge is 0.289 e. The van der Waals surface area contributed by atoms with E-state index in [1.165, 1.54) is 6.07 Å². The van der Waals surface area contributed by atoms with Crippen LogP contribution in [-0.4, -0.2) is 5.78 Å². The molecule has 2 rings (SSSR count). The van der Waals surface area contributed by atoms with Gasteiger partial charge >= 0.3 is 0 Å². The summed E-state index contributed by atoms with van der Waals surface area (Å²) in [6.07, 6.45) is 0.990. The van der Waals surface area contributed by atoms with Crippen LogP contribution in [0.5, 0.6) is 0 Å². The summed E-state index contributed by atoms with van der Waals surface area (Å²) in [5.41, 5.74) is 1.81. The van der Waals surface area contributed by atoms with Gasteiger partial charge in [0, 0.05) is 11.1 Å². The predicted molar refractivity (Wildman–Crippen MR) is 79.5 cm³/mol. The molecule has 0 atom stereocenters. The van der Waals surface area contributed by atoms with E-state index in [9.17, 15) is 13.6 Å². The molecule has 0 saturated carbocycles. The molecule has 0 saturated heterocycles. The van der Waals surface area contributed by atoms with Crippen LogP contribution in [0.2, 0.25) is 0 Å². The van der Waals surface area contributed by atoms with E-state index in [2.05, 4.69) is 20.8 Å². The highest BCUT2D eigenvalue weighted by Crippen LogP contribution is 2.27. The van der Waals surface area contributed by atoms with Crippen molar-refractivity contribution < 1.29 is 13.6 Å². The van der Waals surface area contributed by atoms with Gasteiger partial charge in [-0.1, -0.05) is 45.0 Å². The Hall–Kier alpha value is -2.03. The van der Waals surface area contributed by atoms with Crippen molar-refractivity contribution in [2.24, 2.45) is 0 Å². The Morgan fingerprint density at radius 1 is 0.952 bits per heavy atom. The number of benzene rings is 2. The first-order valence-corrected chi connectivity index (χ1v) is 6.95.